The summed E-state index contributed by atoms with van der Waals surface area (Å²) in [5.41, 5.74) is 4.36. The van der Waals surface area contributed by atoms with Crippen LogP contribution in [0.1, 0.15) is 15.9 Å². The van der Waals surface area contributed by atoms with Gasteiger partial charge in [0.05, 0.1) is 5.56 Å². The average Bonchev–Trinajstić information content (AvgIpc) is 2.85. The Balaban J connectivity index is 1.51. The SMILES string of the molecule is O=C(NC(Cc1ccc(-c2ccccc2)cc1)C(=O)O)c1cc(-c2ccc(Cl)cc2)ccc1O. The van der Waals surface area contributed by atoms with Crippen molar-refractivity contribution in [2.24, 2.45) is 0 Å². The number of carbonyl (C=O) groups is 2. The summed E-state index contributed by atoms with van der Waals surface area (Å²) >= 11 is 5.94. The van der Waals surface area contributed by atoms with Crippen LogP contribution < -0.4 is 5.32 Å². The van der Waals surface area contributed by atoms with Crippen molar-refractivity contribution in [1.82, 2.24) is 5.32 Å². The lowest BCUT2D eigenvalue weighted by Crippen LogP contribution is -2.42. The Morgan fingerprint density at radius 2 is 1.32 bits per heavy atom. The van der Waals surface area contributed by atoms with Crippen LogP contribution in [-0.4, -0.2) is 28.1 Å². The number of hydrogen-bond donors (Lipinski definition) is 3. The summed E-state index contributed by atoms with van der Waals surface area (Å²) in [4.78, 5) is 24.8. The summed E-state index contributed by atoms with van der Waals surface area (Å²) in [5.74, 6) is -2.05. The molecule has 0 saturated carbocycles. The minimum atomic E-state index is -1.16. The Labute approximate surface area is 202 Å². The van der Waals surface area contributed by atoms with Crippen molar-refractivity contribution in [3.8, 4) is 28.0 Å². The maximum atomic E-state index is 12.9. The molecule has 0 aliphatic rings. The lowest BCUT2D eigenvalue weighted by molar-refractivity contribution is -0.139. The van der Waals surface area contributed by atoms with Crippen molar-refractivity contribution in [3.05, 3.63) is 113 Å². The fourth-order valence-electron chi connectivity index (χ4n) is 3.68. The number of carbonyl (C=O) groups excluding carboxylic acids is 1. The van der Waals surface area contributed by atoms with E-state index < -0.39 is 17.9 Å². The molecule has 4 aromatic carbocycles. The van der Waals surface area contributed by atoms with E-state index in [1.54, 1.807) is 30.3 Å². The predicted octanol–water partition coefficient (Wildman–Crippen LogP) is 5.81. The number of phenolic OH excluding ortho intramolecular Hbond substituents is 1. The van der Waals surface area contributed by atoms with Gasteiger partial charge >= 0.3 is 5.97 Å². The van der Waals surface area contributed by atoms with E-state index in [4.69, 9.17) is 11.6 Å². The number of amides is 1. The first-order valence-electron chi connectivity index (χ1n) is 10.7. The molecule has 0 radical (unpaired) electrons. The van der Waals surface area contributed by atoms with Crippen molar-refractivity contribution < 1.29 is 19.8 Å². The Bertz CT molecular complexity index is 1300. The topological polar surface area (TPSA) is 86.6 Å². The van der Waals surface area contributed by atoms with E-state index in [1.165, 1.54) is 12.1 Å². The minimum absolute atomic E-state index is 0.00174. The molecular weight excluding hydrogens is 450 g/mol. The van der Waals surface area contributed by atoms with Gasteiger partial charge in [-0.15, -0.1) is 0 Å². The summed E-state index contributed by atoms with van der Waals surface area (Å²) in [6, 6.07) is 27.9. The van der Waals surface area contributed by atoms with Crippen LogP contribution in [0.2, 0.25) is 5.02 Å². The summed E-state index contributed by atoms with van der Waals surface area (Å²) in [6.07, 6.45) is 0.105. The normalized spacial score (nSPS) is 11.6. The fourth-order valence-corrected chi connectivity index (χ4v) is 3.80. The highest BCUT2D eigenvalue weighted by molar-refractivity contribution is 6.30. The number of hydrogen-bond acceptors (Lipinski definition) is 3. The van der Waals surface area contributed by atoms with Crippen LogP contribution in [-0.2, 0) is 11.2 Å². The zero-order chi connectivity index (χ0) is 24.1. The van der Waals surface area contributed by atoms with Crippen LogP contribution in [0.5, 0.6) is 5.75 Å². The van der Waals surface area contributed by atoms with Crippen molar-refractivity contribution in [2.75, 3.05) is 0 Å². The summed E-state index contributed by atoms with van der Waals surface area (Å²) < 4.78 is 0. The largest absolute Gasteiger partial charge is 0.507 e. The fraction of sp³-hybridized carbons (Fsp3) is 0.0714. The highest BCUT2D eigenvalue weighted by Gasteiger charge is 2.23. The molecule has 0 saturated heterocycles. The Hall–Kier alpha value is -4.09. The number of carboxylic acids is 1. The second-order valence-corrected chi connectivity index (χ2v) is 8.31. The van der Waals surface area contributed by atoms with Gasteiger partial charge in [-0.05, 0) is 52.1 Å². The molecule has 34 heavy (non-hydrogen) atoms. The minimum Gasteiger partial charge on any atom is -0.507 e. The zero-order valence-electron chi connectivity index (χ0n) is 18.1. The number of aromatic hydroxyl groups is 1. The maximum Gasteiger partial charge on any atom is 0.326 e. The molecule has 4 aromatic rings. The molecule has 0 spiro atoms. The first-order valence-corrected chi connectivity index (χ1v) is 11.1. The maximum absolute atomic E-state index is 12.9. The van der Waals surface area contributed by atoms with Gasteiger partial charge in [0.2, 0.25) is 0 Å². The summed E-state index contributed by atoms with van der Waals surface area (Å²) in [6.45, 7) is 0. The van der Waals surface area contributed by atoms with Crippen LogP contribution in [0, 0.1) is 0 Å². The molecule has 1 atom stereocenters. The highest BCUT2D eigenvalue weighted by Crippen LogP contribution is 2.27. The smallest absolute Gasteiger partial charge is 0.326 e. The number of benzene rings is 4. The van der Waals surface area contributed by atoms with Crippen molar-refractivity contribution in [2.45, 2.75) is 12.5 Å². The number of carboxylic acid groups (broad SMARTS) is 1. The van der Waals surface area contributed by atoms with Crippen molar-refractivity contribution in [3.63, 3.8) is 0 Å². The van der Waals surface area contributed by atoms with Crippen LogP contribution in [0.15, 0.2) is 97.1 Å². The first kappa shape index (κ1) is 23.1. The predicted molar refractivity (Wildman–Crippen MR) is 133 cm³/mol. The van der Waals surface area contributed by atoms with E-state index >= 15 is 0 Å². The molecule has 5 nitrogen and oxygen atoms in total. The number of nitrogens with one attached hydrogen (secondary N) is 1. The van der Waals surface area contributed by atoms with E-state index in [0.717, 1.165) is 22.3 Å². The van der Waals surface area contributed by atoms with Crippen molar-refractivity contribution >= 4 is 23.5 Å². The molecule has 3 N–H and O–H groups in total. The molecule has 0 fully saturated rings. The molecule has 0 bridgehead atoms. The number of rotatable bonds is 7. The van der Waals surface area contributed by atoms with Gasteiger partial charge in [-0.2, -0.15) is 0 Å². The Kier molecular flexibility index (Phi) is 6.95. The third-order valence-electron chi connectivity index (χ3n) is 5.52. The Morgan fingerprint density at radius 1 is 0.765 bits per heavy atom. The molecule has 1 unspecified atom stereocenters. The van der Waals surface area contributed by atoms with Gasteiger partial charge in [-0.1, -0.05) is 84.4 Å². The van der Waals surface area contributed by atoms with Gasteiger partial charge in [-0.3, -0.25) is 4.79 Å². The van der Waals surface area contributed by atoms with Gasteiger partial charge in [0.25, 0.3) is 5.91 Å². The standard InChI is InChI=1S/C28H22ClNO4/c29-23-13-10-21(11-14-23)22-12-15-26(31)24(17-22)27(32)30-25(28(33)34)16-18-6-8-20(9-7-18)19-4-2-1-3-5-19/h1-15,17,25,31H,16H2,(H,30,32)(H,33,34). The lowest BCUT2D eigenvalue weighted by atomic mass is 9.99. The molecule has 0 aliphatic heterocycles. The van der Waals surface area contributed by atoms with Gasteiger partial charge in [0.1, 0.15) is 11.8 Å². The molecule has 170 valence electrons. The van der Waals surface area contributed by atoms with Gasteiger partial charge in [0, 0.05) is 11.4 Å². The number of phenols is 1. The van der Waals surface area contributed by atoms with E-state index in [0.29, 0.717) is 10.6 Å². The zero-order valence-corrected chi connectivity index (χ0v) is 18.9. The molecule has 1 amide bonds. The van der Waals surface area contributed by atoms with Crippen LogP contribution in [0.4, 0.5) is 0 Å². The molecule has 6 heteroatoms. The molecule has 4 rings (SSSR count). The molecular formula is C28H22ClNO4. The lowest BCUT2D eigenvalue weighted by Gasteiger charge is -2.16. The number of aliphatic carboxylic acids is 1. The van der Waals surface area contributed by atoms with Gasteiger partial charge in [-0.25, -0.2) is 4.79 Å². The third-order valence-corrected chi connectivity index (χ3v) is 5.78. The van der Waals surface area contributed by atoms with Crippen LogP contribution in [0.3, 0.4) is 0 Å². The number of halogens is 1. The average molecular weight is 472 g/mol. The molecule has 0 aliphatic carbocycles. The second kappa shape index (κ2) is 10.2. The monoisotopic (exact) mass is 471 g/mol. The molecule has 0 aromatic heterocycles. The highest BCUT2D eigenvalue weighted by atomic mass is 35.5. The quantitative estimate of drug-likeness (QED) is 0.317. The Morgan fingerprint density at radius 3 is 1.97 bits per heavy atom. The second-order valence-electron chi connectivity index (χ2n) is 7.87. The van der Waals surface area contributed by atoms with Gasteiger partial charge < -0.3 is 15.5 Å². The third kappa shape index (κ3) is 5.45. The van der Waals surface area contributed by atoms with E-state index in [1.807, 2.05) is 54.6 Å². The molecule has 0 heterocycles. The van der Waals surface area contributed by atoms with Crippen molar-refractivity contribution in [1.29, 1.82) is 0 Å². The van der Waals surface area contributed by atoms with E-state index in [2.05, 4.69) is 5.32 Å². The summed E-state index contributed by atoms with van der Waals surface area (Å²) in [7, 11) is 0. The van der Waals surface area contributed by atoms with E-state index in [-0.39, 0.29) is 17.7 Å². The summed E-state index contributed by atoms with van der Waals surface area (Å²) in [5, 5.41) is 23.1. The van der Waals surface area contributed by atoms with Crippen LogP contribution in [0.25, 0.3) is 22.3 Å². The van der Waals surface area contributed by atoms with Gasteiger partial charge in [0.15, 0.2) is 0 Å². The first-order chi connectivity index (χ1) is 16.4. The van der Waals surface area contributed by atoms with Crippen LogP contribution >= 0.6 is 11.6 Å². The van der Waals surface area contributed by atoms with E-state index in [9.17, 15) is 19.8 Å².